The first kappa shape index (κ1) is 22.5. The second-order valence-electron chi connectivity index (χ2n) is 14.3. The maximum atomic E-state index is 2.74. The zero-order valence-corrected chi connectivity index (χ0v) is 22.2. The molecule has 176 valence electrons. The van der Waals surface area contributed by atoms with Crippen LogP contribution >= 0.6 is 0 Å². The molecule has 31 heavy (non-hydrogen) atoms. The molecule has 5 aliphatic rings. The van der Waals surface area contributed by atoms with Crippen molar-refractivity contribution in [2.75, 3.05) is 0 Å². The van der Waals surface area contributed by atoms with Crippen LogP contribution in [0.4, 0.5) is 0 Å². The summed E-state index contributed by atoms with van der Waals surface area (Å²) in [5, 5.41) is 0. The average Bonchev–Trinajstić information content (AvgIpc) is 3.32. The molecule has 5 rings (SSSR count). The minimum absolute atomic E-state index is 0.544. The zero-order chi connectivity index (χ0) is 22.4. The topological polar surface area (TPSA) is 0 Å². The maximum absolute atomic E-state index is 2.74. The molecule has 0 aromatic heterocycles. The molecule has 4 saturated carbocycles. The normalized spacial score (nSPS) is 52.4. The standard InChI is InChI=1S/C31H52/c1-9-30(10-2)17-13-15-23(22(4)19-30)24-18-26-29(8)25(16-12-11-14-21(24)3)28(7)20-27(5,6)31(26,28)29/h16,21-24,26H,9-15,17-20H2,1-8H3. The maximum Gasteiger partial charge on any atom is -0.000347 e. The van der Waals surface area contributed by atoms with Crippen LogP contribution in [-0.4, -0.2) is 0 Å². The lowest BCUT2D eigenvalue weighted by Gasteiger charge is -2.72. The molecule has 0 heterocycles. The lowest BCUT2D eigenvalue weighted by atomic mass is 9.31. The van der Waals surface area contributed by atoms with Crippen molar-refractivity contribution in [3.05, 3.63) is 11.6 Å². The Morgan fingerprint density at radius 1 is 0.903 bits per heavy atom. The number of rotatable bonds is 3. The van der Waals surface area contributed by atoms with Gasteiger partial charge in [-0.2, -0.15) is 0 Å². The first-order chi connectivity index (χ1) is 14.5. The van der Waals surface area contributed by atoms with E-state index in [-0.39, 0.29) is 0 Å². The lowest BCUT2D eigenvalue weighted by molar-refractivity contribution is -0.174. The van der Waals surface area contributed by atoms with E-state index in [1.807, 2.05) is 5.57 Å². The molecule has 4 fully saturated rings. The van der Waals surface area contributed by atoms with Crippen LogP contribution in [0.1, 0.15) is 126 Å². The summed E-state index contributed by atoms with van der Waals surface area (Å²) in [5.74, 6) is 4.71. The van der Waals surface area contributed by atoms with Crippen LogP contribution in [0.5, 0.6) is 0 Å². The molecule has 0 aliphatic heterocycles. The number of hydrogen-bond donors (Lipinski definition) is 0. The van der Waals surface area contributed by atoms with Crippen LogP contribution < -0.4 is 0 Å². The van der Waals surface area contributed by atoms with Gasteiger partial charge in [-0.25, -0.2) is 0 Å². The minimum atomic E-state index is 0.544. The van der Waals surface area contributed by atoms with Gasteiger partial charge in [0.05, 0.1) is 0 Å². The number of fused-ring (bicyclic) bond motifs is 1. The second-order valence-corrected chi connectivity index (χ2v) is 14.3. The molecule has 0 bridgehead atoms. The Morgan fingerprint density at radius 2 is 1.61 bits per heavy atom. The van der Waals surface area contributed by atoms with E-state index in [1.165, 1.54) is 70.6 Å². The minimum Gasteiger partial charge on any atom is -0.0842 e. The summed E-state index contributed by atoms with van der Waals surface area (Å²) in [6.07, 6.45) is 18.7. The van der Waals surface area contributed by atoms with Gasteiger partial charge in [0.1, 0.15) is 0 Å². The van der Waals surface area contributed by atoms with Crippen LogP contribution in [0.15, 0.2) is 11.6 Å². The monoisotopic (exact) mass is 424 g/mol. The Balaban J connectivity index is 1.46. The smallest absolute Gasteiger partial charge is 0.000347 e. The molecule has 0 radical (unpaired) electrons. The third kappa shape index (κ3) is 2.50. The highest BCUT2D eigenvalue weighted by Gasteiger charge is 2.98. The third-order valence-corrected chi connectivity index (χ3v) is 13.1. The fraction of sp³-hybridized carbons (Fsp3) is 0.935. The van der Waals surface area contributed by atoms with Crippen molar-refractivity contribution in [1.82, 2.24) is 0 Å². The van der Waals surface area contributed by atoms with Gasteiger partial charge in [-0.05, 0) is 102 Å². The Bertz CT molecular complexity index is 752. The van der Waals surface area contributed by atoms with Crippen molar-refractivity contribution in [2.24, 2.45) is 56.7 Å². The van der Waals surface area contributed by atoms with Crippen LogP contribution in [0.2, 0.25) is 0 Å². The summed E-state index contributed by atoms with van der Waals surface area (Å²) in [6.45, 7) is 20.8. The van der Waals surface area contributed by atoms with Crippen LogP contribution in [0, 0.1) is 56.7 Å². The van der Waals surface area contributed by atoms with Crippen LogP contribution in [-0.2, 0) is 0 Å². The van der Waals surface area contributed by atoms with Crippen LogP contribution in [0.25, 0.3) is 0 Å². The molecule has 0 aromatic carbocycles. The summed E-state index contributed by atoms with van der Waals surface area (Å²) < 4.78 is 0. The molecule has 0 N–H and O–H groups in total. The highest BCUT2D eigenvalue weighted by Crippen LogP contribution is 3.03. The molecule has 0 nitrogen and oxygen atoms in total. The van der Waals surface area contributed by atoms with E-state index >= 15 is 0 Å². The largest absolute Gasteiger partial charge is 0.0842 e. The SMILES string of the molecule is CCC1(CC)CCCC(C2CC3C4(C)C(=CCCCC2C)C2(C)CC(C)(C)C324)C(C)C1. The predicted octanol–water partition coefficient (Wildman–Crippen LogP) is 9.44. The van der Waals surface area contributed by atoms with Crippen molar-refractivity contribution in [3.8, 4) is 0 Å². The molecule has 0 heteroatoms. The Kier molecular flexibility index (Phi) is 5.00. The van der Waals surface area contributed by atoms with Crippen molar-refractivity contribution >= 4 is 0 Å². The van der Waals surface area contributed by atoms with E-state index in [0.29, 0.717) is 27.1 Å². The van der Waals surface area contributed by atoms with Crippen molar-refractivity contribution in [3.63, 3.8) is 0 Å². The summed E-state index contributed by atoms with van der Waals surface area (Å²) in [7, 11) is 0. The van der Waals surface area contributed by atoms with Gasteiger partial charge in [-0.3, -0.25) is 0 Å². The second kappa shape index (κ2) is 6.88. The van der Waals surface area contributed by atoms with E-state index in [9.17, 15) is 0 Å². The average molecular weight is 425 g/mol. The first-order valence-corrected chi connectivity index (χ1v) is 14.3. The molecule has 0 aromatic rings. The Hall–Kier alpha value is -0.260. The van der Waals surface area contributed by atoms with E-state index in [0.717, 1.165) is 29.6 Å². The summed E-state index contributed by atoms with van der Waals surface area (Å²) in [6, 6.07) is 0. The van der Waals surface area contributed by atoms with E-state index in [2.05, 4.69) is 61.5 Å². The van der Waals surface area contributed by atoms with Crippen LogP contribution in [0.3, 0.4) is 0 Å². The van der Waals surface area contributed by atoms with E-state index in [4.69, 9.17) is 0 Å². The molecular formula is C31H52. The fourth-order valence-corrected chi connectivity index (χ4v) is 12.2. The molecule has 5 aliphatic carbocycles. The lowest BCUT2D eigenvalue weighted by Crippen LogP contribution is -2.65. The number of hydrogen-bond acceptors (Lipinski definition) is 0. The van der Waals surface area contributed by atoms with Gasteiger partial charge in [0.15, 0.2) is 0 Å². The quantitative estimate of drug-likeness (QED) is 0.312. The Labute approximate surface area is 194 Å². The molecular weight excluding hydrogens is 372 g/mol. The van der Waals surface area contributed by atoms with E-state index < -0.39 is 0 Å². The Morgan fingerprint density at radius 3 is 2.26 bits per heavy atom. The van der Waals surface area contributed by atoms with Gasteiger partial charge in [-0.1, -0.05) is 92.7 Å². The third-order valence-electron chi connectivity index (χ3n) is 13.1. The zero-order valence-electron chi connectivity index (χ0n) is 22.2. The molecule has 0 saturated heterocycles. The molecule has 0 amide bonds. The molecule has 8 unspecified atom stereocenters. The summed E-state index contributed by atoms with van der Waals surface area (Å²) >= 11 is 0. The molecule has 8 atom stereocenters. The van der Waals surface area contributed by atoms with Gasteiger partial charge < -0.3 is 0 Å². The van der Waals surface area contributed by atoms with Crippen molar-refractivity contribution in [1.29, 1.82) is 0 Å². The van der Waals surface area contributed by atoms with Gasteiger partial charge in [-0.15, -0.1) is 0 Å². The fourth-order valence-electron chi connectivity index (χ4n) is 12.2. The van der Waals surface area contributed by atoms with Gasteiger partial charge in [0.25, 0.3) is 0 Å². The molecule has 1 spiro atoms. The number of allylic oxidation sites excluding steroid dienone is 2. The highest BCUT2D eigenvalue weighted by atomic mass is 15.0. The highest BCUT2D eigenvalue weighted by molar-refractivity contribution is 5.60. The summed E-state index contributed by atoms with van der Waals surface area (Å²) in [5.41, 5.74) is 4.82. The predicted molar refractivity (Wildman–Crippen MR) is 134 cm³/mol. The van der Waals surface area contributed by atoms with E-state index in [1.54, 1.807) is 0 Å². The van der Waals surface area contributed by atoms with Gasteiger partial charge >= 0.3 is 0 Å². The van der Waals surface area contributed by atoms with Gasteiger partial charge in [0, 0.05) is 0 Å². The van der Waals surface area contributed by atoms with Crippen molar-refractivity contribution < 1.29 is 0 Å². The first-order valence-electron chi connectivity index (χ1n) is 14.3. The summed E-state index contributed by atoms with van der Waals surface area (Å²) in [4.78, 5) is 0. The van der Waals surface area contributed by atoms with Crippen molar-refractivity contribution in [2.45, 2.75) is 126 Å². The van der Waals surface area contributed by atoms with Gasteiger partial charge in [0.2, 0.25) is 0 Å².